The molecule has 0 fully saturated rings. The number of thiol groups is 1. The van der Waals surface area contributed by atoms with Crippen molar-refractivity contribution in [2.24, 2.45) is 0 Å². The molecule has 0 rings (SSSR count). The van der Waals surface area contributed by atoms with Gasteiger partial charge in [-0.1, -0.05) is 0 Å². The van der Waals surface area contributed by atoms with Gasteiger partial charge >= 0.3 is 0 Å². The van der Waals surface area contributed by atoms with Gasteiger partial charge in [0.2, 0.25) is 0 Å². The van der Waals surface area contributed by atoms with Gasteiger partial charge in [0.25, 0.3) is 5.97 Å². The number of carboxylic acid groups (broad SMARTS) is 1. The van der Waals surface area contributed by atoms with Gasteiger partial charge < -0.3 is 15.6 Å². The largest absolute Gasteiger partial charge is 0.663 e. The summed E-state index contributed by atoms with van der Waals surface area (Å²) >= 11 is 3.53. The van der Waals surface area contributed by atoms with Crippen molar-refractivity contribution in [2.45, 2.75) is 32.4 Å². The van der Waals surface area contributed by atoms with E-state index in [1.807, 2.05) is 20.8 Å². The second-order valence-corrected chi connectivity index (χ2v) is 3.31. The van der Waals surface area contributed by atoms with Crippen LogP contribution in [-0.4, -0.2) is 35.6 Å². The standard InChI is InChI=1S/C7H14NO3.CH4S.Fm/c1-7(2,3)11-4-5(8)6(9)10;1-2;/h5,8H,4H2,1-3H3,(H,9,10);2H,1H3;/q-1;;/t5-;;/m0../s1. The van der Waals surface area contributed by atoms with Crippen LogP contribution in [-0.2, 0) is 9.53 Å². The van der Waals surface area contributed by atoms with E-state index in [4.69, 9.17) is 15.6 Å². The molecule has 0 amide bonds. The third-order valence-corrected chi connectivity index (χ3v) is 0.981. The van der Waals surface area contributed by atoms with E-state index < -0.39 is 12.0 Å². The van der Waals surface area contributed by atoms with Crippen LogP contribution in [0, 0.1) is 0 Å². The molecule has 1 atom stereocenters. The van der Waals surface area contributed by atoms with Crippen molar-refractivity contribution in [3.05, 3.63) is 5.73 Å². The molecule has 0 saturated heterocycles. The Kier molecular flexibility index (Phi) is 11.0. The Morgan fingerprint density at radius 3 is 2.07 bits per heavy atom. The van der Waals surface area contributed by atoms with Crippen molar-refractivity contribution in [1.29, 1.82) is 0 Å². The molecule has 0 aromatic heterocycles. The maximum Gasteiger partial charge on any atom is 0.287 e. The zero-order chi connectivity index (χ0) is 11.1. The molecular formula is C8H18FmNO3S-. The van der Waals surface area contributed by atoms with Crippen molar-refractivity contribution >= 4 is 18.6 Å². The molecule has 0 aliphatic heterocycles. The minimum Gasteiger partial charge on any atom is -0.663 e. The summed E-state index contributed by atoms with van der Waals surface area (Å²) in [6, 6.07) is -1.17. The van der Waals surface area contributed by atoms with Crippen LogP contribution in [0.4, 0.5) is 0 Å². The maximum absolute atomic E-state index is 10.1. The predicted molar refractivity (Wildman–Crippen MR) is 56.4 cm³/mol. The molecule has 0 unspecified atom stereocenters. The molecule has 0 bridgehead atoms. The van der Waals surface area contributed by atoms with Crippen LogP contribution in [0.3, 0.4) is 0 Å². The van der Waals surface area contributed by atoms with E-state index in [0.29, 0.717) is 0 Å². The van der Waals surface area contributed by atoms with Gasteiger partial charge in [-0.15, -0.1) is 0 Å². The molecule has 4 nitrogen and oxygen atoms in total. The monoisotopic (exact) mass is 465 g/mol. The molecule has 0 saturated carbocycles. The van der Waals surface area contributed by atoms with Gasteiger partial charge in [-0.2, -0.15) is 12.6 Å². The van der Waals surface area contributed by atoms with Gasteiger partial charge in [0.05, 0.1) is 5.60 Å². The second kappa shape index (κ2) is 8.34. The van der Waals surface area contributed by atoms with Crippen LogP contribution in [0.2, 0.25) is 0 Å². The Balaban J connectivity index is -0.000000376. The normalized spacial score (nSPS) is 11.9. The van der Waals surface area contributed by atoms with E-state index in [2.05, 4.69) is 12.6 Å². The average molecular weight is 465 g/mol. The molecule has 14 heavy (non-hydrogen) atoms. The summed E-state index contributed by atoms with van der Waals surface area (Å²) < 4.78 is 5.08. The molecule has 92 valence electrons. The molecule has 0 radical (unpaired) electrons. The van der Waals surface area contributed by atoms with E-state index in [9.17, 15) is 4.79 Å². The molecule has 0 spiro atoms. The molecule has 0 aliphatic carbocycles. The molecular weight excluding hydrogens is 447 g/mol. The maximum atomic E-state index is 10.1. The van der Waals surface area contributed by atoms with E-state index >= 15 is 0 Å². The van der Waals surface area contributed by atoms with Crippen molar-refractivity contribution in [1.82, 2.24) is 0 Å². The third kappa shape index (κ3) is 13.3. The fourth-order valence-electron chi connectivity index (χ4n) is 0.405. The van der Waals surface area contributed by atoms with Crippen molar-refractivity contribution in [3.63, 3.8) is 0 Å². The average Bonchev–Trinajstić information content (AvgIpc) is 2.02. The zero-order valence-electron chi connectivity index (χ0n) is 8.78. The first-order valence-electron chi connectivity index (χ1n) is 3.85. The smallest absolute Gasteiger partial charge is 0.287 e. The van der Waals surface area contributed by atoms with E-state index in [1.165, 1.54) is 0 Å². The number of hydrogen-bond acceptors (Lipinski definition) is 3. The minimum atomic E-state index is -1.17. The number of carbonyl (C=O) groups is 1. The Morgan fingerprint density at radius 2 is 1.86 bits per heavy atom. The van der Waals surface area contributed by atoms with Gasteiger partial charge in [0.15, 0.2) is 0 Å². The number of rotatable bonds is 3. The van der Waals surface area contributed by atoms with Gasteiger partial charge in [-0.3, -0.25) is 4.79 Å². The quantitative estimate of drug-likeness (QED) is 0.626. The molecule has 0 aromatic carbocycles. The number of hydrogen-bond donors (Lipinski definition) is 2. The summed E-state index contributed by atoms with van der Waals surface area (Å²) in [4.78, 5) is 10.1. The van der Waals surface area contributed by atoms with E-state index in [0.717, 1.165) is 0 Å². The fourth-order valence-corrected chi connectivity index (χ4v) is 0.405. The summed E-state index contributed by atoms with van der Waals surface area (Å²) in [5.74, 6) is -1.14. The molecule has 0 aliphatic rings. The first kappa shape index (κ1) is 18.5. The van der Waals surface area contributed by atoms with Crippen LogP contribution < -0.4 is 0 Å². The van der Waals surface area contributed by atoms with Crippen molar-refractivity contribution in [3.8, 4) is 0 Å². The molecule has 2 N–H and O–H groups in total. The molecule has 0 aromatic rings. The van der Waals surface area contributed by atoms with E-state index in [-0.39, 0.29) is 12.2 Å². The topological polar surface area (TPSA) is 70.3 Å². The second-order valence-electron chi connectivity index (χ2n) is 3.31. The van der Waals surface area contributed by atoms with Crippen molar-refractivity contribution in [2.75, 3.05) is 12.9 Å². The predicted octanol–water partition coefficient (Wildman–Crippen LogP) is 1.85. The first-order valence-corrected chi connectivity index (χ1v) is 4.75. The molecule has 6 heteroatoms. The summed E-state index contributed by atoms with van der Waals surface area (Å²) in [6.45, 7) is 5.41. The fraction of sp³-hybridized carbons (Fsp3) is 0.875. The Morgan fingerprint density at radius 1 is 1.50 bits per heavy atom. The zero-order valence-corrected chi connectivity index (χ0v) is 12.1. The summed E-state index contributed by atoms with van der Waals surface area (Å²) in [6.07, 6.45) is 1.69. The van der Waals surface area contributed by atoms with E-state index in [1.54, 1.807) is 6.26 Å². The van der Waals surface area contributed by atoms with Gasteiger partial charge in [-0.25, -0.2) is 0 Å². The Bertz CT molecular complexity index is 150. The van der Waals surface area contributed by atoms with Crippen LogP contribution in [0.1, 0.15) is 20.8 Å². The number of nitrogens with one attached hydrogen (secondary N) is 1. The third-order valence-electron chi connectivity index (χ3n) is 0.981. The molecule has 0 heterocycles. The number of ether oxygens (including phenoxy) is 1. The van der Waals surface area contributed by atoms with Crippen LogP contribution in [0.5, 0.6) is 0 Å². The Hall–Kier alpha value is -1.26. The van der Waals surface area contributed by atoms with Gasteiger partial charge in [0.1, 0.15) is 0 Å². The summed E-state index contributed by atoms with van der Waals surface area (Å²) in [7, 11) is 0. The number of carboxylic acids is 1. The number of aliphatic carboxylic acids is 1. The Labute approximate surface area is 84.9 Å². The van der Waals surface area contributed by atoms with Gasteiger partial charge in [-0.05, 0) is 33.1 Å². The van der Waals surface area contributed by atoms with Crippen LogP contribution >= 0.6 is 12.6 Å². The first-order chi connectivity index (χ1) is 5.83. The summed E-state index contributed by atoms with van der Waals surface area (Å²) in [5.41, 5.74) is 6.62. The van der Waals surface area contributed by atoms with Crippen LogP contribution in [0.25, 0.3) is 5.73 Å². The minimum absolute atomic E-state index is 0. The summed E-state index contributed by atoms with van der Waals surface area (Å²) in [5, 5.41) is 8.31. The van der Waals surface area contributed by atoms with Crippen LogP contribution in [0.15, 0.2) is 0 Å². The SMILES string of the molecule is CC(C)(C)OC[C@H]([NH-])C(=O)O.CS.[Fm]. The van der Waals surface area contributed by atoms with Crippen molar-refractivity contribution < 1.29 is 14.6 Å². The van der Waals surface area contributed by atoms with Gasteiger partial charge in [0, 0.05) is 6.61 Å².